The van der Waals surface area contributed by atoms with Gasteiger partial charge in [-0.15, -0.1) is 0 Å². The summed E-state index contributed by atoms with van der Waals surface area (Å²) in [5.41, 5.74) is 1.10. The molecule has 82 valence electrons. The number of carboxylic acids is 1. The van der Waals surface area contributed by atoms with Crippen molar-refractivity contribution in [1.29, 1.82) is 0 Å². The highest BCUT2D eigenvalue weighted by molar-refractivity contribution is 5.71. The first kappa shape index (κ1) is 10.2. The molecule has 1 aromatic heterocycles. The molecular formula is C10H15N3O2. The Morgan fingerprint density at radius 3 is 3.07 bits per heavy atom. The van der Waals surface area contributed by atoms with Gasteiger partial charge in [-0.3, -0.25) is 14.8 Å². The third-order valence-electron chi connectivity index (χ3n) is 2.97. The molecule has 2 heterocycles. The van der Waals surface area contributed by atoms with Gasteiger partial charge < -0.3 is 5.11 Å². The molecule has 1 aliphatic rings. The van der Waals surface area contributed by atoms with Crippen LogP contribution in [-0.2, 0) is 11.3 Å². The summed E-state index contributed by atoms with van der Waals surface area (Å²) in [4.78, 5) is 13.1. The Bertz CT molecular complexity index is 336. The zero-order valence-electron chi connectivity index (χ0n) is 8.68. The number of carbonyl (C=O) groups is 1. The molecule has 0 spiro atoms. The third-order valence-corrected chi connectivity index (χ3v) is 2.97. The summed E-state index contributed by atoms with van der Waals surface area (Å²) in [5, 5.41) is 15.6. The zero-order valence-corrected chi connectivity index (χ0v) is 8.68. The summed E-state index contributed by atoms with van der Waals surface area (Å²) in [5.74, 6) is -0.677. The van der Waals surface area contributed by atoms with Crippen molar-refractivity contribution in [3.63, 3.8) is 0 Å². The fraction of sp³-hybridized carbons (Fsp3) is 0.600. The van der Waals surface area contributed by atoms with E-state index in [-0.39, 0.29) is 11.8 Å². The number of likely N-dealkylation sites (tertiary alicyclic amines) is 1. The van der Waals surface area contributed by atoms with E-state index in [0.29, 0.717) is 6.54 Å². The summed E-state index contributed by atoms with van der Waals surface area (Å²) in [6, 6.07) is 0. The van der Waals surface area contributed by atoms with Crippen LogP contribution in [0.3, 0.4) is 0 Å². The number of nitrogens with one attached hydrogen (secondary N) is 1. The minimum Gasteiger partial charge on any atom is -0.481 e. The van der Waals surface area contributed by atoms with Crippen molar-refractivity contribution in [3.05, 3.63) is 18.0 Å². The lowest BCUT2D eigenvalue weighted by molar-refractivity contribution is -0.142. The van der Waals surface area contributed by atoms with Gasteiger partial charge in [0, 0.05) is 31.4 Å². The van der Waals surface area contributed by atoms with Crippen LogP contribution in [0.5, 0.6) is 0 Å². The Morgan fingerprint density at radius 2 is 2.53 bits per heavy atom. The highest BCUT2D eigenvalue weighted by Crippen LogP contribution is 2.24. The van der Waals surface area contributed by atoms with Gasteiger partial charge in [-0.25, -0.2) is 0 Å². The van der Waals surface area contributed by atoms with Gasteiger partial charge in [0.25, 0.3) is 0 Å². The average Bonchev–Trinajstić information content (AvgIpc) is 2.75. The average molecular weight is 209 g/mol. The van der Waals surface area contributed by atoms with Crippen LogP contribution in [0.15, 0.2) is 12.4 Å². The van der Waals surface area contributed by atoms with Crippen molar-refractivity contribution < 1.29 is 9.90 Å². The molecule has 0 saturated carbocycles. The molecule has 2 N–H and O–H groups in total. The molecule has 2 rings (SSSR count). The Kier molecular flexibility index (Phi) is 2.73. The van der Waals surface area contributed by atoms with Crippen molar-refractivity contribution in [1.82, 2.24) is 15.1 Å². The van der Waals surface area contributed by atoms with Crippen LogP contribution in [0.2, 0.25) is 0 Å². The molecule has 0 amide bonds. The number of hydrogen-bond donors (Lipinski definition) is 2. The molecule has 2 atom stereocenters. The second-order valence-electron chi connectivity index (χ2n) is 4.22. The molecule has 0 aromatic carbocycles. The standard InChI is InChI=1S/C10H15N3O2/c1-7-4-13(6-9(7)10(14)15)5-8-2-11-12-3-8/h2-3,7,9H,4-6H2,1H3,(H,11,12)(H,14,15). The molecule has 5 heteroatoms. The number of rotatable bonds is 3. The minimum absolute atomic E-state index is 0.225. The van der Waals surface area contributed by atoms with E-state index in [4.69, 9.17) is 5.11 Å². The lowest BCUT2D eigenvalue weighted by Crippen LogP contribution is -2.23. The normalized spacial score (nSPS) is 27.0. The SMILES string of the molecule is CC1CN(Cc2cn[nH]c2)CC1C(=O)O. The summed E-state index contributed by atoms with van der Waals surface area (Å²) >= 11 is 0. The maximum absolute atomic E-state index is 10.9. The summed E-state index contributed by atoms with van der Waals surface area (Å²) < 4.78 is 0. The number of nitrogens with zero attached hydrogens (tertiary/aromatic N) is 2. The summed E-state index contributed by atoms with van der Waals surface area (Å²) in [6.45, 7) is 4.27. The smallest absolute Gasteiger partial charge is 0.308 e. The molecule has 1 saturated heterocycles. The van der Waals surface area contributed by atoms with Gasteiger partial charge in [0.1, 0.15) is 0 Å². The molecule has 0 aliphatic carbocycles. The Morgan fingerprint density at radius 1 is 1.73 bits per heavy atom. The highest BCUT2D eigenvalue weighted by atomic mass is 16.4. The molecule has 1 fully saturated rings. The van der Waals surface area contributed by atoms with E-state index in [2.05, 4.69) is 15.1 Å². The number of aromatic amines is 1. The number of aliphatic carboxylic acids is 1. The first-order valence-corrected chi connectivity index (χ1v) is 5.09. The first-order chi connectivity index (χ1) is 7.16. The van der Waals surface area contributed by atoms with Crippen LogP contribution in [0.4, 0.5) is 0 Å². The van der Waals surface area contributed by atoms with Crippen molar-refractivity contribution in [3.8, 4) is 0 Å². The van der Waals surface area contributed by atoms with Gasteiger partial charge in [-0.2, -0.15) is 5.10 Å². The predicted octanol–water partition coefficient (Wildman–Crippen LogP) is 0.562. The Balaban J connectivity index is 1.94. The summed E-state index contributed by atoms with van der Waals surface area (Å²) in [6.07, 6.45) is 3.62. The molecular weight excluding hydrogens is 194 g/mol. The lowest BCUT2D eigenvalue weighted by atomic mass is 9.99. The zero-order chi connectivity index (χ0) is 10.8. The second kappa shape index (κ2) is 4.02. The number of aromatic nitrogens is 2. The second-order valence-corrected chi connectivity index (χ2v) is 4.22. The van der Waals surface area contributed by atoms with E-state index in [1.54, 1.807) is 6.20 Å². The molecule has 1 aliphatic heterocycles. The predicted molar refractivity (Wildman–Crippen MR) is 54.2 cm³/mol. The molecule has 5 nitrogen and oxygen atoms in total. The van der Waals surface area contributed by atoms with Crippen LogP contribution >= 0.6 is 0 Å². The van der Waals surface area contributed by atoms with E-state index >= 15 is 0 Å². The number of H-pyrrole nitrogens is 1. The number of carboxylic acid groups (broad SMARTS) is 1. The van der Waals surface area contributed by atoms with Crippen LogP contribution < -0.4 is 0 Å². The maximum Gasteiger partial charge on any atom is 0.308 e. The first-order valence-electron chi connectivity index (χ1n) is 5.09. The topological polar surface area (TPSA) is 69.2 Å². The molecule has 15 heavy (non-hydrogen) atoms. The van der Waals surface area contributed by atoms with Gasteiger partial charge in [-0.05, 0) is 5.92 Å². The van der Waals surface area contributed by atoms with E-state index < -0.39 is 5.97 Å². The van der Waals surface area contributed by atoms with E-state index in [1.807, 2.05) is 13.1 Å². The molecule has 1 aromatic rings. The minimum atomic E-state index is -0.683. The van der Waals surface area contributed by atoms with E-state index in [9.17, 15) is 4.79 Å². The fourth-order valence-electron chi connectivity index (χ4n) is 2.14. The van der Waals surface area contributed by atoms with Gasteiger partial charge in [0.15, 0.2) is 0 Å². The van der Waals surface area contributed by atoms with Crippen LogP contribution in [-0.4, -0.2) is 39.3 Å². The van der Waals surface area contributed by atoms with Gasteiger partial charge in [-0.1, -0.05) is 6.92 Å². The largest absolute Gasteiger partial charge is 0.481 e. The Hall–Kier alpha value is -1.36. The number of hydrogen-bond acceptors (Lipinski definition) is 3. The maximum atomic E-state index is 10.9. The van der Waals surface area contributed by atoms with Gasteiger partial charge in [0.05, 0.1) is 12.1 Å². The van der Waals surface area contributed by atoms with Gasteiger partial charge >= 0.3 is 5.97 Å². The van der Waals surface area contributed by atoms with Crippen LogP contribution in [0, 0.1) is 11.8 Å². The highest BCUT2D eigenvalue weighted by Gasteiger charge is 2.34. The van der Waals surface area contributed by atoms with Gasteiger partial charge in [0.2, 0.25) is 0 Å². The van der Waals surface area contributed by atoms with Crippen LogP contribution in [0.1, 0.15) is 12.5 Å². The van der Waals surface area contributed by atoms with Crippen molar-refractivity contribution >= 4 is 5.97 Å². The van der Waals surface area contributed by atoms with Crippen LogP contribution in [0.25, 0.3) is 0 Å². The van der Waals surface area contributed by atoms with Crippen molar-refractivity contribution in [2.75, 3.05) is 13.1 Å². The third kappa shape index (κ3) is 2.18. The monoisotopic (exact) mass is 209 g/mol. The lowest BCUT2D eigenvalue weighted by Gasteiger charge is -2.13. The van der Waals surface area contributed by atoms with E-state index in [1.165, 1.54) is 0 Å². The van der Waals surface area contributed by atoms with Crippen molar-refractivity contribution in [2.24, 2.45) is 11.8 Å². The molecule has 2 unspecified atom stereocenters. The fourth-order valence-corrected chi connectivity index (χ4v) is 2.14. The quantitative estimate of drug-likeness (QED) is 0.763. The Labute approximate surface area is 88.1 Å². The van der Waals surface area contributed by atoms with Crippen molar-refractivity contribution in [2.45, 2.75) is 13.5 Å². The molecule has 0 radical (unpaired) electrons. The van der Waals surface area contributed by atoms with E-state index in [0.717, 1.165) is 18.7 Å². The summed E-state index contributed by atoms with van der Waals surface area (Å²) in [7, 11) is 0. The molecule has 0 bridgehead atoms.